The fourth-order valence-electron chi connectivity index (χ4n) is 1.28. The molecule has 0 aromatic carbocycles. The van der Waals surface area contributed by atoms with Gasteiger partial charge in [-0.2, -0.15) is 0 Å². The Labute approximate surface area is 106 Å². The zero-order chi connectivity index (χ0) is 13.7. The van der Waals surface area contributed by atoms with E-state index in [0.717, 1.165) is 12.8 Å². The SMILES string of the molecule is CCC(CC)OP(=O)(OC(C)C)OC(C)(C)C. The third-order valence-electron chi connectivity index (χ3n) is 1.91. The Bertz CT molecular complexity index is 254. The predicted molar refractivity (Wildman–Crippen MR) is 70.1 cm³/mol. The molecule has 104 valence electrons. The minimum atomic E-state index is -3.49. The molecule has 0 N–H and O–H groups in total. The summed E-state index contributed by atoms with van der Waals surface area (Å²) in [4.78, 5) is 0. The maximum absolute atomic E-state index is 12.5. The minimum Gasteiger partial charge on any atom is -0.284 e. The van der Waals surface area contributed by atoms with E-state index in [2.05, 4.69) is 0 Å². The Morgan fingerprint density at radius 2 is 1.53 bits per heavy atom. The highest BCUT2D eigenvalue weighted by Crippen LogP contribution is 2.55. The van der Waals surface area contributed by atoms with Crippen molar-refractivity contribution in [2.45, 2.75) is 79.1 Å². The number of rotatable bonds is 7. The molecule has 0 saturated carbocycles. The number of phosphoric acid groups is 1. The van der Waals surface area contributed by atoms with Crippen LogP contribution in [0.3, 0.4) is 0 Å². The van der Waals surface area contributed by atoms with Crippen LogP contribution in [0.1, 0.15) is 61.3 Å². The summed E-state index contributed by atoms with van der Waals surface area (Å²) in [5.41, 5.74) is -0.559. The molecule has 1 unspecified atom stereocenters. The summed E-state index contributed by atoms with van der Waals surface area (Å²) < 4.78 is 28.9. The van der Waals surface area contributed by atoms with E-state index in [1.54, 1.807) is 0 Å². The van der Waals surface area contributed by atoms with E-state index in [9.17, 15) is 4.57 Å². The largest absolute Gasteiger partial charge is 0.475 e. The van der Waals surface area contributed by atoms with Crippen LogP contribution in [0, 0.1) is 0 Å². The van der Waals surface area contributed by atoms with Gasteiger partial charge in [0.2, 0.25) is 0 Å². The molecule has 0 amide bonds. The highest BCUT2D eigenvalue weighted by Gasteiger charge is 2.35. The van der Waals surface area contributed by atoms with Crippen LogP contribution in [-0.2, 0) is 18.1 Å². The zero-order valence-electron chi connectivity index (χ0n) is 12.1. The summed E-state index contributed by atoms with van der Waals surface area (Å²) in [6.07, 6.45) is 1.28. The van der Waals surface area contributed by atoms with Crippen LogP contribution in [0.25, 0.3) is 0 Å². The van der Waals surface area contributed by atoms with Crippen molar-refractivity contribution < 1.29 is 18.1 Å². The predicted octanol–water partition coefficient (Wildman–Crippen LogP) is 4.54. The maximum atomic E-state index is 12.5. The van der Waals surface area contributed by atoms with Crippen molar-refractivity contribution in [2.24, 2.45) is 0 Å². The van der Waals surface area contributed by atoms with Crippen molar-refractivity contribution >= 4 is 7.82 Å². The Morgan fingerprint density at radius 1 is 1.06 bits per heavy atom. The molecular formula is C12H27O4P. The maximum Gasteiger partial charge on any atom is 0.475 e. The van der Waals surface area contributed by atoms with Crippen LogP contribution in [-0.4, -0.2) is 17.8 Å². The molecule has 1 atom stereocenters. The summed E-state index contributed by atoms with van der Waals surface area (Å²) in [5.74, 6) is 0. The highest BCUT2D eigenvalue weighted by atomic mass is 31.2. The molecule has 5 heteroatoms. The van der Waals surface area contributed by atoms with Crippen molar-refractivity contribution in [1.82, 2.24) is 0 Å². The van der Waals surface area contributed by atoms with Crippen LogP contribution in [0.2, 0.25) is 0 Å². The average molecular weight is 266 g/mol. The monoisotopic (exact) mass is 266 g/mol. The van der Waals surface area contributed by atoms with Gasteiger partial charge in [-0.25, -0.2) is 4.57 Å². The average Bonchev–Trinajstić information content (AvgIpc) is 2.09. The van der Waals surface area contributed by atoms with E-state index in [-0.39, 0.29) is 12.2 Å². The second kappa shape index (κ2) is 6.89. The fourth-order valence-corrected chi connectivity index (χ4v) is 3.27. The molecule has 0 aromatic rings. The van der Waals surface area contributed by atoms with E-state index in [0.29, 0.717) is 0 Å². The van der Waals surface area contributed by atoms with E-state index >= 15 is 0 Å². The van der Waals surface area contributed by atoms with Crippen molar-refractivity contribution in [3.8, 4) is 0 Å². The minimum absolute atomic E-state index is 0.0954. The van der Waals surface area contributed by atoms with Crippen molar-refractivity contribution in [2.75, 3.05) is 0 Å². The summed E-state index contributed by atoms with van der Waals surface area (Å²) in [6.45, 7) is 13.1. The van der Waals surface area contributed by atoms with Crippen LogP contribution in [0.5, 0.6) is 0 Å². The smallest absolute Gasteiger partial charge is 0.284 e. The molecule has 0 aliphatic heterocycles. The molecule has 0 saturated heterocycles. The van der Waals surface area contributed by atoms with Crippen molar-refractivity contribution in [1.29, 1.82) is 0 Å². The van der Waals surface area contributed by atoms with Gasteiger partial charge in [-0.1, -0.05) is 13.8 Å². The summed E-state index contributed by atoms with van der Waals surface area (Å²) >= 11 is 0. The third-order valence-corrected chi connectivity index (χ3v) is 3.92. The molecule has 0 radical (unpaired) electrons. The van der Waals surface area contributed by atoms with Gasteiger partial charge < -0.3 is 0 Å². The molecule has 0 aliphatic rings. The lowest BCUT2D eigenvalue weighted by Gasteiger charge is -2.29. The normalized spacial score (nSPS) is 16.5. The first-order valence-electron chi connectivity index (χ1n) is 6.29. The van der Waals surface area contributed by atoms with Gasteiger partial charge in [-0.3, -0.25) is 13.6 Å². The van der Waals surface area contributed by atoms with Crippen LogP contribution < -0.4 is 0 Å². The molecular weight excluding hydrogens is 239 g/mol. The molecule has 0 bridgehead atoms. The van der Waals surface area contributed by atoms with Gasteiger partial charge in [0.25, 0.3) is 0 Å². The van der Waals surface area contributed by atoms with Gasteiger partial charge in [0, 0.05) is 0 Å². The van der Waals surface area contributed by atoms with Gasteiger partial charge in [0.05, 0.1) is 17.8 Å². The van der Waals surface area contributed by atoms with E-state index < -0.39 is 13.4 Å². The first-order valence-corrected chi connectivity index (χ1v) is 7.75. The van der Waals surface area contributed by atoms with Crippen LogP contribution in [0.4, 0.5) is 0 Å². The lowest BCUT2D eigenvalue weighted by Crippen LogP contribution is -2.22. The van der Waals surface area contributed by atoms with E-state index in [1.165, 1.54) is 0 Å². The van der Waals surface area contributed by atoms with Gasteiger partial charge >= 0.3 is 7.82 Å². The van der Waals surface area contributed by atoms with Crippen LogP contribution in [0.15, 0.2) is 0 Å². The lowest BCUT2D eigenvalue weighted by molar-refractivity contribution is 0.0122. The Morgan fingerprint density at radius 3 is 1.82 bits per heavy atom. The van der Waals surface area contributed by atoms with Gasteiger partial charge in [0.15, 0.2) is 0 Å². The second-order valence-corrected chi connectivity index (χ2v) is 6.85. The third kappa shape index (κ3) is 7.93. The highest BCUT2D eigenvalue weighted by molar-refractivity contribution is 7.48. The zero-order valence-corrected chi connectivity index (χ0v) is 13.0. The second-order valence-electron chi connectivity index (χ2n) is 5.35. The topological polar surface area (TPSA) is 44.8 Å². The molecule has 17 heavy (non-hydrogen) atoms. The summed E-state index contributed by atoms with van der Waals surface area (Å²) in [7, 11) is -3.49. The Hall–Kier alpha value is 0.110. The standard InChI is InChI=1S/C12H27O4P/c1-8-11(9-2)15-17(13,14-10(3)4)16-12(5,6)7/h10-11H,8-9H2,1-7H3. The Kier molecular flexibility index (Phi) is 6.93. The first-order chi connectivity index (χ1) is 7.62. The molecule has 0 heterocycles. The van der Waals surface area contributed by atoms with E-state index in [4.69, 9.17) is 13.6 Å². The Balaban J connectivity index is 4.78. The summed E-state index contributed by atoms with van der Waals surface area (Å²) in [5, 5.41) is 0. The number of hydrogen-bond donors (Lipinski definition) is 0. The van der Waals surface area contributed by atoms with Crippen molar-refractivity contribution in [3.63, 3.8) is 0 Å². The molecule has 0 fully saturated rings. The quantitative estimate of drug-likeness (QED) is 0.634. The fraction of sp³-hybridized carbons (Fsp3) is 1.00. The molecule has 0 rings (SSSR count). The lowest BCUT2D eigenvalue weighted by atomic mass is 10.2. The number of hydrogen-bond acceptors (Lipinski definition) is 4. The summed E-state index contributed by atoms with van der Waals surface area (Å²) in [6, 6.07) is 0. The van der Waals surface area contributed by atoms with Gasteiger partial charge in [-0.05, 0) is 47.5 Å². The van der Waals surface area contributed by atoms with Crippen molar-refractivity contribution in [3.05, 3.63) is 0 Å². The molecule has 0 aliphatic carbocycles. The number of phosphoric ester groups is 1. The molecule has 0 aromatic heterocycles. The first kappa shape index (κ1) is 17.1. The molecule has 0 spiro atoms. The van der Waals surface area contributed by atoms with Crippen LogP contribution >= 0.6 is 7.82 Å². The van der Waals surface area contributed by atoms with Gasteiger partial charge in [-0.15, -0.1) is 0 Å². The van der Waals surface area contributed by atoms with E-state index in [1.807, 2.05) is 48.5 Å². The molecule has 4 nitrogen and oxygen atoms in total. The van der Waals surface area contributed by atoms with Gasteiger partial charge in [0.1, 0.15) is 0 Å².